The number of allylic oxidation sites excluding steroid dienone is 1. The summed E-state index contributed by atoms with van der Waals surface area (Å²) in [5.74, 6) is 0.413. The van der Waals surface area contributed by atoms with Crippen LogP contribution >= 0.6 is 11.6 Å². The van der Waals surface area contributed by atoms with Gasteiger partial charge in [0.2, 0.25) is 0 Å². The van der Waals surface area contributed by atoms with E-state index in [2.05, 4.69) is 114 Å². The van der Waals surface area contributed by atoms with Gasteiger partial charge in [-0.15, -0.1) is 6.58 Å². The molecule has 2 heteroatoms. The summed E-state index contributed by atoms with van der Waals surface area (Å²) in [4.78, 5) is 0. The van der Waals surface area contributed by atoms with Gasteiger partial charge in [0, 0.05) is 17.0 Å². The van der Waals surface area contributed by atoms with Crippen LogP contribution in [-0.4, -0.2) is 13.1 Å². The van der Waals surface area contributed by atoms with Crippen molar-refractivity contribution in [1.82, 2.24) is 5.32 Å². The summed E-state index contributed by atoms with van der Waals surface area (Å²) < 4.78 is 0. The Kier molecular flexibility index (Phi) is 10.6. The highest BCUT2D eigenvalue weighted by molar-refractivity contribution is 6.31. The summed E-state index contributed by atoms with van der Waals surface area (Å²) in [6, 6.07) is 24.3. The van der Waals surface area contributed by atoms with Crippen molar-refractivity contribution in [2.45, 2.75) is 66.3 Å². The Hall–Kier alpha value is -2.35. The van der Waals surface area contributed by atoms with E-state index in [9.17, 15) is 0 Å². The molecule has 0 saturated heterocycles. The summed E-state index contributed by atoms with van der Waals surface area (Å²) in [6.45, 7) is 16.8. The van der Waals surface area contributed by atoms with Gasteiger partial charge in [-0.25, -0.2) is 0 Å². The van der Waals surface area contributed by atoms with E-state index >= 15 is 0 Å². The van der Waals surface area contributed by atoms with E-state index in [1.165, 1.54) is 33.4 Å². The standard InChI is InChI=1S/C19H24ClN.C13H18/c1-13-5-8-16(9-6-13)18(15(3)21-4)12-17-10-7-14(2)11-19(17)20;1-5-13(3,4)10-12-8-6-11(2)7-9-12/h5-11,15,18,21H,12H2,1-4H3;5-9H,1,10H2,2-4H3. The maximum Gasteiger partial charge on any atom is 0.0440 e. The van der Waals surface area contributed by atoms with E-state index in [4.69, 9.17) is 11.6 Å². The number of aryl methyl sites for hydroxylation is 3. The number of hydrogen-bond donors (Lipinski definition) is 1. The van der Waals surface area contributed by atoms with E-state index in [0.717, 1.165) is 17.9 Å². The lowest BCUT2D eigenvalue weighted by molar-refractivity contribution is 0.479. The third-order valence-electron chi connectivity index (χ3n) is 6.55. The van der Waals surface area contributed by atoms with Gasteiger partial charge in [-0.1, -0.05) is 103 Å². The molecule has 0 radical (unpaired) electrons. The molecule has 3 aromatic rings. The number of nitrogens with one attached hydrogen (secondary N) is 1. The molecule has 2 unspecified atom stereocenters. The van der Waals surface area contributed by atoms with Crippen LogP contribution in [0.25, 0.3) is 0 Å². The summed E-state index contributed by atoms with van der Waals surface area (Å²) in [6.07, 6.45) is 4.04. The highest BCUT2D eigenvalue weighted by Gasteiger charge is 2.20. The van der Waals surface area contributed by atoms with Crippen LogP contribution in [0.5, 0.6) is 0 Å². The van der Waals surface area contributed by atoms with Crippen molar-refractivity contribution in [3.05, 3.63) is 118 Å². The maximum absolute atomic E-state index is 6.41. The molecule has 1 nitrogen and oxygen atoms in total. The third-order valence-corrected chi connectivity index (χ3v) is 6.90. The summed E-state index contributed by atoms with van der Waals surface area (Å²) >= 11 is 6.41. The Morgan fingerprint density at radius 3 is 1.91 bits per heavy atom. The van der Waals surface area contributed by atoms with E-state index in [1.807, 2.05) is 19.2 Å². The van der Waals surface area contributed by atoms with Crippen LogP contribution in [0.1, 0.15) is 60.1 Å². The van der Waals surface area contributed by atoms with E-state index < -0.39 is 0 Å². The molecule has 3 aromatic carbocycles. The lowest BCUT2D eigenvalue weighted by Crippen LogP contribution is -2.30. The molecule has 0 saturated carbocycles. The first-order valence-corrected chi connectivity index (χ1v) is 12.6. The third kappa shape index (κ3) is 8.78. The fraction of sp³-hybridized carbons (Fsp3) is 0.375. The zero-order valence-corrected chi connectivity index (χ0v) is 22.8. The van der Waals surface area contributed by atoms with Crippen molar-refractivity contribution in [2.24, 2.45) is 5.41 Å². The highest BCUT2D eigenvalue weighted by atomic mass is 35.5. The van der Waals surface area contributed by atoms with Gasteiger partial charge < -0.3 is 5.32 Å². The molecule has 0 aliphatic rings. The normalized spacial score (nSPS) is 12.9. The summed E-state index contributed by atoms with van der Waals surface area (Å²) in [7, 11) is 2.02. The van der Waals surface area contributed by atoms with Crippen molar-refractivity contribution in [1.29, 1.82) is 0 Å². The zero-order valence-electron chi connectivity index (χ0n) is 22.1. The molecule has 3 rings (SSSR count). The van der Waals surface area contributed by atoms with Gasteiger partial charge in [-0.2, -0.15) is 0 Å². The van der Waals surface area contributed by atoms with Gasteiger partial charge >= 0.3 is 0 Å². The van der Waals surface area contributed by atoms with Crippen LogP contribution in [0, 0.1) is 26.2 Å². The Labute approximate surface area is 213 Å². The van der Waals surface area contributed by atoms with E-state index in [0.29, 0.717) is 12.0 Å². The van der Waals surface area contributed by atoms with Gasteiger partial charge in [0.25, 0.3) is 0 Å². The summed E-state index contributed by atoms with van der Waals surface area (Å²) in [5.41, 5.74) is 7.99. The second kappa shape index (κ2) is 12.9. The molecule has 0 heterocycles. The maximum atomic E-state index is 6.41. The monoisotopic (exact) mass is 475 g/mol. The lowest BCUT2D eigenvalue weighted by atomic mass is 9.86. The van der Waals surface area contributed by atoms with E-state index in [1.54, 1.807) is 0 Å². The first-order valence-electron chi connectivity index (χ1n) is 12.2. The molecular formula is C32H42ClN. The van der Waals surface area contributed by atoms with Crippen molar-refractivity contribution in [3.63, 3.8) is 0 Å². The van der Waals surface area contributed by atoms with Crippen molar-refractivity contribution < 1.29 is 0 Å². The number of benzene rings is 3. The molecular weight excluding hydrogens is 434 g/mol. The van der Waals surface area contributed by atoms with Crippen LogP contribution in [0.4, 0.5) is 0 Å². The van der Waals surface area contributed by atoms with Gasteiger partial charge in [-0.05, 0) is 81.3 Å². The Morgan fingerprint density at radius 2 is 1.41 bits per heavy atom. The van der Waals surface area contributed by atoms with Crippen molar-refractivity contribution in [3.8, 4) is 0 Å². The van der Waals surface area contributed by atoms with Crippen LogP contribution in [0.3, 0.4) is 0 Å². The molecule has 0 bridgehead atoms. The minimum atomic E-state index is 0.204. The average Bonchev–Trinajstić information content (AvgIpc) is 2.81. The molecule has 1 N–H and O–H groups in total. The SMILES string of the molecule is C=CC(C)(C)Cc1ccc(C)cc1.CNC(C)C(Cc1ccc(C)cc1Cl)c1ccc(C)cc1. The van der Waals surface area contributed by atoms with Crippen molar-refractivity contribution in [2.75, 3.05) is 7.05 Å². The van der Waals surface area contributed by atoms with Crippen LogP contribution in [0.2, 0.25) is 5.02 Å². The number of hydrogen-bond acceptors (Lipinski definition) is 1. The summed E-state index contributed by atoms with van der Waals surface area (Å²) in [5, 5.41) is 4.26. The predicted octanol–water partition coefficient (Wildman–Crippen LogP) is 8.64. The smallest absolute Gasteiger partial charge is 0.0440 e. The molecule has 0 fully saturated rings. The quantitative estimate of drug-likeness (QED) is 0.321. The highest BCUT2D eigenvalue weighted by Crippen LogP contribution is 2.29. The number of halogens is 1. The molecule has 182 valence electrons. The van der Waals surface area contributed by atoms with Gasteiger partial charge in [0.15, 0.2) is 0 Å². The molecule has 34 heavy (non-hydrogen) atoms. The Morgan fingerprint density at radius 1 is 0.882 bits per heavy atom. The molecule has 0 aromatic heterocycles. The van der Waals surface area contributed by atoms with Gasteiger partial charge in [0.1, 0.15) is 0 Å². The minimum Gasteiger partial charge on any atom is -0.317 e. The second-order valence-corrected chi connectivity index (χ2v) is 10.7. The molecule has 2 atom stereocenters. The first kappa shape index (κ1) is 27.9. The minimum absolute atomic E-state index is 0.204. The van der Waals surface area contributed by atoms with Crippen LogP contribution in [0.15, 0.2) is 79.4 Å². The predicted molar refractivity (Wildman–Crippen MR) is 151 cm³/mol. The van der Waals surface area contributed by atoms with Crippen LogP contribution < -0.4 is 5.32 Å². The Bertz CT molecular complexity index is 1030. The molecule has 0 aliphatic carbocycles. The zero-order chi connectivity index (χ0) is 25.3. The average molecular weight is 476 g/mol. The van der Waals surface area contributed by atoms with Gasteiger partial charge in [0.05, 0.1) is 0 Å². The molecule has 0 aliphatic heterocycles. The molecule has 0 spiro atoms. The van der Waals surface area contributed by atoms with Crippen molar-refractivity contribution >= 4 is 11.6 Å². The molecule has 0 amide bonds. The fourth-order valence-electron chi connectivity index (χ4n) is 3.96. The topological polar surface area (TPSA) is 12.0 Å². The second-order valence-electron chi connectivity index (χ2n) is 10.2. The largest absolute Gasteiger partial charge is 0.317 e. The fourth-order valence-corrected chi connectivity index (χ4v) is 4.27. The lowest BCUT2D eigenvalue weighted by Gasteiger charge is -2.25. The number of likely N-dealkylation sites (N-methyl/N-ethyl adjacent to an activating group) is 1. The number of rotatable bonds is 8. The first-order chi connectivity index (χ1) is 16.0. The van der Waals surface area contributed by atoms with Gasteiger partial charge in [-0.3, -0.25) is 0 Å². The van der Waals surface area contributed by atoms with E-state index in [-0.39, 0.29) is 5.41 Å². The Balaban J connectivity index is 0.000000270. The van der Waals surface area contributed by atoms with Crippen LogP contribution in [-0.2, 0) is 12.8 Å².